The van der Waals surface area contributed by atoms with Gasteiger partial charge < -0.3 is 9.47 Å². The molecule has 24 heavy (non-hydrogen) atoms. The molecule has 2 aromatic rings. The molecular formula is C16H13ClF3NO3. The first-order chi connectivity index (χ1) is 11.2. The highest BCUT2D eigenvalue weighted by Crippen LogP contribution is 2.33. The largest absolute Gasteiger partial charge is 0.465 e. The molecule has 0 amide bonds. The first kappa shape index (κ1) is 18.1. The third-order valence-electron chi connectivity index (χ3n) is 3.18. The Morgan fingerprint density at radius 3 is 2.42 bits per heavy atom. The maximum absolute atomic E-state index is 12.7. The Labute approximate surface area is 141 Å². The lowest BCUT2D eigenvalue weighted by Crippen LogP contribution is -2.31. The molecular weight excluding hydrogens is 347 g/mol. The van der Waals surface area contributed by atoms with Crippen LogP contribution in [0.3, 0.4) is 0 Å². The minimum Gasteiger partial charge on any atom is -0.465 e. The smallest absolute Gasteiger partial charge is 0.425 e. The molecule has 4 nitrogen and oxygen atoms in total. The molecule has 0 spiro atoms. The number of hydrogen-bond acceptors (Lipinski definition) is 4. The van der Waals surface area contributed by atoms with Crippen LogP contribution in [0.4, 0.5) is 13.2 Å². The van der Waals surface area contributed by atoms with E-state index in [0.717, 1.165) is 13.1 Å². The van der Waals surface area contributed by atoms with Crippen molar-refractivity contribution in [2.45, 2.75) is 19.2 Å². The molecule has 0 aliphatic carbocycles. The summed E-state index contributed by atoms with van der Waals surface area (Å²) in [6.07, 6.45) is -5.50. The van der Waals surface area contributed by atoms with Crippen LogP contribution >= 0.6 is 11.6 Å². The van der Waals surface area contributed by atoms with Crippen LogP contribution in [0.25, 0.3) is 11.1 Å². The number of esters is 1. The van der Waals surface area contributed by atoms with Crippen molar-refractivity contribution in [2.75, 3.05) is 7.11 Å². The van der Waals surface area contributed by atoms with Gasteiger partial charge in [0.15, 0.2) is 6.10 Å². The number of carbonyl (C=O) groups is 1. The van der Waals surface area contributed by atoms with Gasteiger partial charge in [0.25, 0.3) is 0 Å². The van der Waals surface area contributed by atoms with Crippen molar-refractivity contribution in [1.29, 1.82) is 0 Å². The summed E-state index contributed by atoms with van der Waals surface area (Å²) in [7, 11) is 1.19. The minimum absolute atomic E-state index is 0.0921. The maximum atomic E-state index is 12.7. The van der Waals surface area contributed by atoms with Crippen molar-refractivity contribution in [3.8, 4) is 17.0 Å². The molecule has 1 heterocycles. The first-order valence-corrected chi connectivity index (χ1v) is 7.18. The number of aromatic nitrogens is 1. The van der Waals surface area contributed by atoms with Gasteiger partial charge in [0.2, 0.25) is 5.88 Å². The predicted octanol–water partition coefficient (Wildman–Crippen LogP) is 4.52. The Balaban J connectivity index is 2.49. The van der Waals surface area contributed by atoms with Crippen LogP contribution in [0.15, 0.2) is 36.5 Å². The van der Waals surface area contributed by atoms with Crippen LogP contribution in [-0.4, -0.2) is 30.3 Å². The fourth-order valence-electron chi connectivity index (χ4n) is 1.85. The first-order valence-electron chi connectivity index (χ1n) is 6.80. The summed E-state index contributed by atoms with van der Waals surface area (Å²) in [5.74, 6) is -0.900. The number of hydrogen-bond donors (Lipinski definition) is 0. The van der Waals surface area contributed by atoms with E-state index >= 15 is 0 Å². The second-order valence-corrected chi connectivity index (χ2v) is 5.31. The van der Waals surface area contributed by atoms with Gasteiger partial charge in [-0.3, -0.25) is 0 Å². The molecule has 0 aliphatic heterocycles. The number of methoxy groups -OCH3 is 1. The number of nitrogens with zero attached hydrogens (tertiary/aromatic N) is 1. The number of rotatable bonds is 4. The van der Waals surface area contributed by atoms with Gasteiger partial charge in [0.1, 0.15) is 0 Å². The van der Waals surface area contributed by atoms with Crippen LogP contribution in [-0.2, 0) is 4.74 Å². The fraction of sp³-hybridized carbons (Fsp3) is 0.250. The van der Waals surface area contributed by atoms with Gasteiger partial charge in [-0.2, -0.15) is 13.2 Å². The summed E-state index contributed by atoms with van der Waals surface area (Å²) in [4.78, 5) is 15.5. The quantitative estimate of drug-likeness (QED) is 0.753. The molecule has 1 unspecified atom stereocenters. The van der Waals surface area contributed by atoms with Crippen molar-refractivity contribution in [2.24, 2.45) is 0 Å². The second-order valence-electron chi connectivity index (χ2n) is 4.88. The normalized spacial score (nSPS) is 12.6. The lowest BCUT2D eigenvalue weighted by molar-refractivity contribution is -0.189. The molecule has 0 saturated carbocycles. The van der Waals surface area contributed by atoms with Crippen molar-refractivity contribution in [1.82, 2.24) is 4.98 Å². The zero-order valence-electron chi connectivity index (χ0n) is 12.7. The lowest BCUT2D eigenvalue weighted by atomic mass is 10.1. The van der Waals surface area contributed by atoms with Gasteiger partial charge in [-0.15, -0.1) is 0 Å². The van der Waals surface area contributed by atoms with E-state index in [0.29, 0.717) is 10.6 Å². The van der Waals surface area contributed by atoms with E-state index in [1.54, 1.807) is 24.3 Å². The molecule has 1 aromatic carbocycles. The Kier molecular flexibility index (Phi) is 5.33. The molecule has 0 saturated heterocycles. The predicted molar refractivity (Wildman–Crippen MR) is 82.2 cm³/mol. The van der Waals surface area contributed by atoms with E-state index in [9.17, 15) is 18.0 Å². The molecule has 8 heteroatoms. The zero-order valence-corrected chi connectivity index (χ0v) is 13.5. The number of alkyl halides is 3. The summed E-state index contributed by atoms with van der Waals surface area (Å²) in [6.45, 7) is 0.877. The van der Waals surface area contributed by atoms with Gasteiger partial charge in [-0.25, -0.2) is 9.78 Å². The summed E-state index contributed by atoms with van der Waals surface area (Å²) >= 11 is 5.82. The van der Waals surface area contributed by atoms with Crippen LogP contribution in [0.5, 0.6) is 5.88 Å². The van der Waals surface area contributed by atoms with Gasteiger partial charge in [0.05, 0.1) is 12.7 Å². The number of benzene rings is 1. The highest BCUT2D eigenvalue weighted by Gasteiger charge is 2.38. The van der Waals surface area contributed by atoms with E-state index < -0.39 is 18.2 Å². The van der Waals surface area contributed by atoms with Gasteiger partial charge in [-0.1, -0.05) is 23.7 Å². The molecule has 0 radical (unpaired) electrons. The minimum atomic E-state index is -4.54. The van der Waals surface area contributed by atoms with Crippen molar-refractivity contribution >= 4 is 17.6 Å². The number of halogens is 4. The molecule has 0 aliphatic rings. The summed E-state index contributed by atoms with van der Waals surface area (Å²) in [6, 6.07) is 7.68. The van der Waals surface area contributed by atoms with Gasteiger partial charge in [0, 0.05) is 16.8 Å². The average molecular weight is 360 g/mol. The average Bonchev–Trinajstić information content (AvgIpc) is 2.54. The van der Waals surface area contributed by atoms with E-state index in [-0.39, 0.29) is 17.0 Å². The fourth-order valence-corrected chi connectivity index (χ4v) is 1.97. The molecule has 0 N–H and O–H groups in total. The van der Waals surface area contributed by atoms with E-state index in [1.807, 2.05) is 0 Å². The van der Waals surface area contributed by atoms with E-state index in [2.05, 4.69) is 9.72 Å². The zero-order chi connectivity index (χ0) is 17.9. The molecule has 1 atom stereocenters. The third-order valence-corrected chi connectivity index (χ3v) is 3.43. The van der Waals surface area contributed by atoms with Crippen LogP contribution in [0.2, 0.25) is 5.02 Å². The highest BCUT2D eigenvalue weighted by atomic mass is 35.5. The standard InChI is InChI=1S/C16H13ClF3NO3/c1-9(16(18,19)20)24-14-13(10-3-5-12(17)6-4-10)7-11(8-21-14)15(22)23-2/h3-9H,1-2H3. The van der Waals surface area contributed by atoms with Crippen LogP contribution in [0, 0.1) is 0 Å². The molecule has 0 bridgehead atoms. The van der Waals surface area contributed by atoms with Crippen LogP contribution in [0.1, 0.15) is 17.3 Å². The summed E-state index contributed by atoms with van der Waals surface area (Å²) < 4.78 is 47.8. The van der Waals surface area contributed by atoms with Crippen LogP contribution < -0.4 is 4.74 Å². The Bertz CT molecular complexity index is 732. The van der Waals surface area contributed by atoms with Crippen molar-refractivity contribution < 1.29 is 27.4 Å². The van der Waals surface area contributed by atoms with E-state index in [4.69, 9.17) is 16.3 Å². The Hall–Kier alpha value is -2.28. The maximum Gasteiger partial charge on any atom is 0.425 e. The number of ether oxygens (including phenoxy) is 2. The third kappa shape index (κ3) is 4.17. The number of pyridine rings is 1. The molecule has 0 fully saturated rings. The summed E-state index contributed by atoms with van der Waals surface area (Å²) in [5, 5.41) is 0.460. The topological polar surface area (TPSA) is 48.4 Å². The highest BCUT2D eigenvalue weighted by molar-refractivity contribution is 6.30. The summed E-state index contributed by atoms with van der Waals surface area (Å²) in [5.41, 5.74) is 0.821. The van der Waals surface area contributed by atoms with E-state index in [1.165, 1.54) is 13.2 Å². The molecule has 2 rings (SSSR count). The van der Waals surface area contributed by atoms with Crippen molar-refractivity contribution in [3.05, 3.63) is 47.1 Å². The second kappa shape index (κ2) is 7.09. The molecule has 1 aromatic heterocycles. The van der Waals surface area contributed by atoms with Crippen molar-refractivity contribution in [3.63, 3.8) is 0 Å². The van der Waals surface area contributed by atoms with Gasteiger partial charge >= 0.3 is 12.1 Å². The molecule has 128 valence electrons. The van der Waals surface area contributed by atoms with Gasteiger partial charge in [-0.05, 0) is 30.7 Å². The Morgan fingerprint density at radius 1 is 1.25 bits per heavy atom. The number of carbonyl (C=O) groups excluding carboxylic acids is 1. The Morgan fingerprint density at radius 2 is 1.88 bits per heavy atom. The monoisotopic (exact) mass is 359 g/mol. The SMILES string of the molecule is COC(=O)c1cnc(OC(C)C(F)(F)F)c(-c2ccc(Cl)cc2)c1. The lowest BCUT2D eigenvalue weighted by Gasteiger charge is -2.19.